The first-order chi connectivity index (χ1) is 8.59. The molecule has 0 aliphatic heterocycles. The lowest BCUT2D eigenvalue weighted by Crippen LogP contribution is -2.15. The first kappa shape index (κ1) is 12.5. The third-order valence-corrected chi connectivity index (χ3v) is 2.69. The SMILES string of the molecule is CC(Nc1ccncc1F)c1nncn1C(C)C. The molecule has 18 heavy (non-hydrogen) atoms. The van der Waals surface area contributed by atoms with Crippen molar-refractivity contribution in [3.05, 3.63) is 36.4 Å². The van der Waals surface area contributed by atoms with Crippen LogP contribution >= 0.6 is 0 Å². The Balaban J connectivity index is 2.20. The maximum absolute atomic E-state index is 13.5. The van der Waals surface area contributed by atoms with Gasteiger partial charge in [-0.05, 0) is 26.8 Å². The monoisotopic (exact) mass is 249 g/mol. The van der Waals surface area contributed by atoms with Crippen LogP contribution in [0.5, 0.6) is 0 Å². The summed E-state index contributed by atoms with van der Waals surface area (Å²) in [6.45, 7) is 6.02. The van der Waals surface area contributed by atoms with Crippen molar-refractivity contribution in [3.63, 3.8) is 0 Å². The third-order valence-electron chi connectivity index (χ3n) is 2.69. The van der Waals surface area contributed by atoms with Crippen molar-refractivity contribution in [3.8, 4) is 0 Å². The van der Waals surface area contributed by atoms with Gasteiger partial charge in [0, 0.05) is 12.2 Å². The topological polar surface area (TPSA) is 55.6 Å². The number of hydrogen-bond acceptors (Lipinski definition) is 4. The van der Waals surface area contributed by atoms with Gasteiger partial charge in [0.15, 0.2) is 11.6 Å². The summed E-state index contributed by atoms with van der Waals surface area (Å²) in [6.07, 6.45) is 4.41. The van der Waals surface area contributed by atoms with E-state index in [1.54, 1.807) is 18.6 Å². The third kappa shape index (κ3) is 2.47. The van der Waals surface area contributed by atoms with Crippen LogP contribution in [0.25, 0.3) is 0 Å². The molecule has 2 aromatic rings. The average Bonchev–Trinajstić information content (AvgIpc) is 2.81. The number of anilines is 1. The van der Waals surface area contributed by atoms with Gasteiger partial charge in [0.1, 0.15) is 6.33 Å². The molecule has 0 aliphatic rings. The molecule has 0 saturated heterocycles. The minimum atomic E-state index is -0.375. The summed E-state index contributed by atoms with van der Waals surface area (Å²) < 4.78 is 15.4. The smallest absolute Gasteiger partial charge is 0.164 e. The zero-order valence-electron chi connectivity index (χ0n) is 10.6. The van der Waals surface area contributed by atoms with Crippen molar-refractivity contribution >= 4 is 5.69 Å². The van der Waals surface area contributed by atoms with Crippen LogP contribution in [0, 0.1) is 5.82 Å². The number of nitrogens with zero attached hydrogens (tertiary/aromatic N) is 4. The number of hydrogen-bond donors (Lipinski definition) is 1. The summed E-state index contributed by atoms with van der Waals surface area (Å²) in [5.74, 6) is 0.404. The van der Waals surface area contributed by atoms with Crippen LogP contribution in [0.1, 0.15) is 38.7 Å². The van der Waals surface area contributed by atoms with Crippen molar-refractivity contribution in [2.45, 2.75) is 32.9 Å². The highest BCUT2D eigenvalue weighted by Crippen LogP contribution is 2.21. The van der Waals surface area contributed by atoms with Crippen LogP contribution in [0.4, 0.5) is 10.1 Å². The van der Waals surface area contributed by atoms with E-state index in [0.29, 0.717) is 5.69 Å². The maximum atomic E-state index is 13.5. The van der Waals surface area contributed by atoms with Gasteiger partial charge in [0.25, 0.3) is 0 Å². The van der Waals surface area contributed by atoms with Gasteiger partial charge in [0.2, 0.25) is 0 Å². The van der Waals surface area contributed by atoms with Crippen LogP contribution < -0.4 is 5.32 Å². The molecule has 0 spiro atoms. The Hall–Kier alpha value is -1.98. The van der Waals surface area contributed by atoms with E-state index in [4.69, 9.17) is 0 Å². The van der Waals surface area contributed by atoms with Crippen LogP contribution in [0.3, 0.4) is 0 Å². The van der Waals surface area contributed by atoms with Gasteiger partial charge < -0.3 is 9.88 Å². The van der Waals surface area contributed by atoms with Crippen LogP contribution in [-0.2, 0) is 0 Å². The molecule has 96 valence electrons. The Morgan fingerprint density at radius 2 is 2.11 bits per heavy atom. The van der Waals surface area contributed by atoms with E-state index in [1.165, 1.54) is 6.20 Å². The standard InChI is InChI=1S/C12H16FN5/c1-8(2)18-7-15-17-12(18)9(3)16-11-4-5-14-6-10(11)13/h4-9H,1-3H3,(H,14,16). The Morgan fingerprint density at radius 1 is 1.33 bits per heavy atom. The van der Waals surface area contributed by atoms with Gasteiger partial charge >= 0.3 is 0 Å². The fourth-order valence-corrected chi connectivity index (χ4v) is 1.75. The molecular formula is C12H16FN5. The molecule has 1 N–H and O–H groups in total. The molecule has 6 heteroatoms. The van der Waals surface area contributed by atoms with Gasteiger partial charge in [-0.3, -0.25) is 4.98 Å². The van der Waals surface area contributed by atoms with Gasteiger partial charge in [-0.2, -0.15) is 0 Å². The second-order valence-electron chi connectivity index (χ2n) is 4.41. The predicted octanol–water partition coefficient (Wildman–Crippen LogP) is 2.57. The Bertz CT molecular complexity index is 523. The first-order valence-electron chi connectivity index (χ1n) is 5.85. The maximum Gasteiger partial charge on any atom is 0.164 e. The number of halogens is 1. The fraction of sp³-hybridized carbons (Fsp3) is 0.417. The van der Waals surface area contributed by atoms with Gasteiger partial charge in [0.05, 0.1) is 17.9 Å². The van der Waals surface area contributed by atoms with E-state index >= 15 is 0 Å². The Kier molecular flexibility index (Phi) is 3.55. The molecule has 0 saturated carbocycles. The van der Waals surface area contributed by atoms with Gasteiger partial charge in [-0.1, -0.05) is 0 Å². The minimum Gasteiger partial charge on any atom is -0.373 e. The zero-order chi connectivity index (χ0) is 13.1. The molecular weight excluding hydrogens is 233 g/mol. The highest BCUT2D eigenvalue weighted by molar-refractivity contribution is 5.44. The lowest BCUT2D eigenvalue weighted by atomic mass is 10.2. The summed E-state index contributed by atoms with van der Waals surface area (Å²) >= 11 is 0. The van der Waals surface area contributed by atoms with E-state index in [-0.39, 0.29) is 17.9 Å². The van der Waals surface area contributed by atoms with E-state index in [0.717, 1.165) is 5.82 Å². The number of nitrogens with one attached hydrogen (secondary N) is 1. The normalized spacial score (nSPS) is 12.7. The summed E-state index contributed by atoms with van der Waals surface area (Å²) in [7, 11) is 0. The second kappa shape index (κ2) is 5.12. The van der Waals surface area contributed by atoms with Crippen molar-refractivity contribution in [1.82, 2.24) is 19.7 Å². The molecule has 0 amide bonds. The lowest BCUT2D eigenvalue weighted by Gasteiger charge is -2.17. The lowest BCUT2D eigenvalue weighted by molar-refractivity contribution is 0.550. The molecule has 0 radical (unpaired) electrons. The number of aromatic nitrogens is 4. The predicted molar refractivity (Wildman–Crippen MR) is 66.6 cm³/mol. The molecule has 5 nitrogen and oxygen atoms in total. The quantitative estimate of drug-likeness (QED) is 0.904. The average molecular weight is 249 g/mol. The molecule has 0 fully saturated rings. The zero-order valence-corrected chi connectivity index (χ0v) is 10.6. The first-order valence-corrected chi connectivity index (χ1v) is 5.85. The highest BCUT2D eigenvalue weighted by atomic mass is 19.1. The summed E-state index contributed by atoms with van der Waals surface area (Å²) in [6, 6.07) is 1.73. The summed E-state index contributed by atoms with van der Waals surface area (Å²) in [5.41, 5.74) is 0.413. The molecule has 1 atom stereocenters. The van der Waals surface area contributed by atoms with Crippen molar-refractivity contribution in [2.75, 3.05) is 5.32 Å². The van der Waals surface area contributed by atoms with Crippen molar-refractivity contribution in [2.24, 2.45) is 0 Å². The van der Waals surface area contributed by atoms with Gasteiger partial charge in [-0.15, -0.1) is 10.2 Å². The molecule has 2 rings (SSSR count). The minimum absolute atomic E-state index is 0.133. The molecule has 2 aromatic heterocycles. The number of pyridine rings is 1. The number of rotatable bonds is 4. The van der Waals surface area contributed by atoms with Crippen LogP contribution in [0.2, 0.25) is 0 Å². The molecule has 0 aromatic carbocycles. The fourth-order valence-electron chi connectivity index (χ4n) is 1.75. The molecule has 0 bridgehead atoms. The van der Waals surface area contributed by atoms with Crippen molar-refractivity contribution in [1.29, 1.82) is 0 Å². The Morgan fingerprint density at radius 3 is 2.78 bits per heavy atom. The molecule has 1 unspecified atom stereocenters. The Labute approximate surface area is 105 Å². The van der Waals surface area contributed by atoms with Crippen LogP contribution in [0.15, 0.2) is 24.8 Å². The summed E-state index contributed by atoms with van der Waals surface area (Å²) in [5, 5.41) is 11.0. The summed E-state index contributed by atoms with van der Waals surface area (Å²) in [4.78, 5) is 3.71. The van der Waals surface area contributed by atoms with E-state index < -0.39 is 0 Å². The van der Waals surface area contributed by atoms with Crippen molar-refractivity contribution < 1.29 is 4.39 Å². The molecule has 0 aliphatic carbocycles. The van der Waals surface area contributed by atoms with E-state index in [9.17, 15) is 4.39 Å². The molecule has 2 heterocycles. The van der Waals surface area contributed by atoms with E-state index in [2.05, 4.69) is 20.5 Å². The van der Waals surface area contributed by atoms with Gasteiger partial charge in [-0.25, -0.2) is 4.39 Å². The largest absolute Gasteiger partial charge is 0.373 e. The highest BCUT2D eigenvalue weighted by Gasteiger charge is 2.15. The van der Waals surface area contributed by atoms with E-state index in [1.807, 2.05) is 25.3 Å². The van der Waals surface area contributed by atoms with Crippen LogP contribution in [-0.4, -0.2) is 19.7 Å². The second-order valence-corrected chi connectivity index (χ2v) is 4.41.